The lowest BCUT2D eigenvalue weighted by Crippen LogP contribution is -2.42. The van der Waals surface area contributed by atoms with E-state index in [1.165, 1.54) is 24.8 Å². The molecular formula is C29H32BrNO3. The molecule has 1 aliphatic carbocycles. The highest BCUT2D eigenvalue weighted by molar-refractivity contribution is 9.10. The monoisotopic (exact) mass is 521 g/mol. The zero-order valence-electron chi connectivity index (χ0n) is 19.6. The third kappa shape index (κ3) is 5.64. The number of hydrogen-bond donors (Lipinski definition) is 2. The Balaban J connectivity index is 1.56. The average molecular weight is 522 g/mol. The molecule has 0 unspecified atom stereocenters. The van der Waals surface area contributed by atoms with Gasteiger partial charge in [-0.05, 0) is 54.3 Å². The van der Waals surface area contributed by atoms with Crippen LogP contribution in [0.25, 0.3) is 0 Å². The Morgan fingerprint density at radius 1 is 1.03 bits per heavy atom. The molecule has 178 valence electrons. The lowest BCUT2D eigenvalue weighted by atomic mass is 9.69. The molecule has 0 spiro atoms. The van der Waals surface area contributed by atoms with Crippen LogP contribution in [0.4, 0.5) is 0 Å². The van der Waals surface area contributed by atoms with Gasteiger partial charge >= 0.3 is 0 Å². The molecule has 2 N–H and O–H groups in total. The van der Waals surface area contributed by atoms with Crippen LogP contribution in [0.3, 0.4) is 0 Å². The topological polar surface area (TPSA) is 58.6 Å². The van der Waals surface area contributed by atoms with Gasteiger partial charge in [-0.3, -0.25) is 4.79 Å². The fourth-order valence-corrected chi connectivity index (χ4v) is 5.54. The van der Waals surface area contributed by atoms with E-state index in [0.29, 0.717) is 6.54 Å². The maximum atomic E-state index is 13.3. The molecule has 1 atom stereocenters. The molecule has 0 radical (unpaired) electrons. The van der Waals surface area contributed by atoms with Gasteiger partial charge in [0.1, 0.15) is 11.5 Å². The molecule has 4 rings (SSSR count). The van der Waals surface area contributed by atoms with Gasteiger partial charge in [0.25, 0.3) is 0 Å². The van der Waals surface area contributed by atoms with Gasteiger partial charge in [-0.1, -0.05) is 77.7 Å². The van der Waals surface area contributed by atoms with E-state index in [1.807, 2.05) is 36.4 Å². The zero-order valence-corrected chi connectivity index (χ0v) is 21.2. The highest BCUT2D eigenvalue weighted by atomic mass is 79.9. The minimum Gasteiger partial charge on any atom is -0.508 e. The van der Waals surface area contributed by atoms with Gasteiger partial charge in [-0.25, -0.2) is 0 Å². The molecule has 5 heteroatoms. The second kappa shape index (κ2) is 11.1. The van der Waals surface area contributed by atoms with Gasteiger partial charge in [-0.15, -0.1) is 0 Å². The molecule has 4 nitrogen and oxygen atoms in total. The van der Waals surface area contributed by atoms with Crippen molar-refractivity contribution in [3.05, 3.63) is 94.0 Å². The smallest absolute Gasteiger partial charge is 0.220 e. The third-order valence-electron chi connectivity index (χ3n) is 7.09. The first-order valence-corrected chi connectivity index (χ1v) is 12.7. The molecule has 0 aromatic heterocycles. The number of carbonyl (C=O) groups excluding carboxylic acids is 1. The molecular weight excluding hydrogens is 490 g/mol. The molecule has 1 amide bonds. The number of rotatable bonds is 8. The SMILES string of the molecule is COc1ccc([C@H](CC(=O)NCC2(c3ccccc3)CCCCC2)c2cc(Br)ccc2O)cc1. The van der Waals surface area contributed by atoms with Crippen molar-refractivity contribution in [1.29, 1.82) is 0 Å². The summed E-state index contributed by atoms with van der Waals surface area (Å²) in [5.74, 6) is 0.654. The normalized spacial score (nSPS) is 15.9. The maximum Gasteiger partial charge on any atom is 0.220 e. The number of methoxy groups -OCH3 is 1. The lowest BCUT2D eigenvalue weighted by Gasteiger charge is -2.38. The Kier molecular flexibility index (Phi) is 7.94. The Morgan fingerprint density at radius 2 is 1.74 bits per heavy atom. The molecule has 0 heterocycles. The molecule has 34 heavy (non-hydrogen) atoms. The van der Waals surface area contributed by atoms with Crippen molar-refractivity contribution in [3.63, 3.8) is 0 Å². The number of benzene rings is 3. The van der Waals surface area contributed by atoms with Crippen molar-refractivity contribution < 1.29 is 14.6 Å². The van der Waals surface area contributed by atoms with Crippen LogP contribution in [0.1, 0.15) is 61.1 Å². The first-order chi connectivity index (χ1) is 16.5. The first kappa shape index (κ1) is 24.3. The van der Waals surface area contributed by atoms with E-state index in [0.717, 1.165) is 34.2 Å². The highest BCUT2D eigenvalue weighted by Crippen LogP contribution is 2.40. The Morgan fingerprint density at radius 3 is 2.41 bits per heavy atom. The second-order valence-electron chi connectivity index (χ2n) is 9.22. The summed E-state index contributed by atoms with van der Waals surface area (Å²) in [5.41, 5.74) is 2.99. The molecule has 0 aliphatic heterocycles. The highest BCUT2D eigenvalue weighted by Gasteiger charge is 2.34. The predicted molar refractivity (Wildman–Crippen MR) is 139 cm³/mol. The molecule has 0 bridgehead atoms. The average Bonchev–Trinajstić information content (AvgIpc) is 2.89. The van der Waals surface area contributed by atoms with E-state index in [2.05, 4.69) is 45.5 Å². The number of nitrogens with one attached hydrogen (secondary N) is 1. The second-order valence-corrected chi connectivity index (χ2v) is 10.1. The summed E-state index contributed by atoms with van der Waals surface area (Å²) >= 11 is 3.51. The van der Waals surface area contributed by atoms with Gasteiger partial charge in [-0.2, -0.15) is 0 Å². The van der Waals surface area contributed by atoms with Crippen molar-refractivity contribution >= 4 is 21.8 Å². The molecule has 3 aromatic carbocycles. The van der Waals surface area contributed by atoms with E-state index >= 15 is 0 Å². The van der Waals surface area contributed by atoms with E-state index in [1.54, 1.807) is 19.2 Å². The van der Waals surface area contributed by atoms with Crippen LogP contribution in [0.5, 0.6) is 11.5 Å². The number of carbonyl (C=O) groups is 1. The van der Waals surface area contributed by atoms with Gasteiger partial charge < -0.3 is 15.2 Å². The quantitative estimate of drug-likeness (QED) is 0.346. The summed E-state index contributed by atoms with van der Waals surface area (Å²) in [5, 5.41) is 13.9. The van der Waals surface area contributed by atoms with E-state index in [-0.39, 0.29) is 29.4 Å². The molecule has 1 aliphatic rings. The Bertz CT molecular complexity index is 1090. The minimum absolute atomic E-state index is 0.0112. The van der Waals surface area contributed by atoms with Crippen LogP contribution in [0.2, 0.25) is 0 Å². The summed E-state index contributed by atoms with van der Waals surface area (Å²) in [6, 6.07) is 23.7. The van der Waals surface area contributed by atoms with Crippen molar-refractivity contribution in [2.24, 2.45) is 0 Å². The van der Waals surface area contributed by atoms with Crippen LogP contribution in [0.15, 0.2) is 77.3 Å². The summed E-state index contributed by atoms with van der Waals surface area (Å²) < 4.78 is 6.17. The van der Waals surface area contributed by atoms with Crippen molar-refractivity contribution in [2.75, 3.05) is 13.7 Å². The Labute approximate surface area is 210 Å². The van der Waals surface area contributed by atoms with Crippen molar-refractivity contribution in [1.82, 2.24) is 5.32 Å². The van der Waals surface area contributed by atoms with Crippen LogP contribution < -0.4 is 10.1 Å². The largest absolute Gasteiger partial charge is 0.508 e. The summed E-state index contributed by atoms with van der Waals surface area (Å²) in [7, 11) is 1.63. The summed E-state index contributed by atoms with van der Waals surface area (Å²) in [4.78, 5) is 13.3. The summed E-state index contributed by atoms with van der Waals surface area (Å²) in [6.07, 6.45) is 6.05. The first-order valence-electron chi connectivity index (χ1n) is 12.0. The van der Waals surface area contributed by atoms with Crippen molar-refractivity contribution in [2.45, 2.75) is 49.9 Å². The van der Waals surface area contributed by atoms with Crippen molar-refractivity contribution in [3.8, 4) is 11.5 Å². The Hall–Kier alpha value is -2.79. The molecule has 0 saturated heterocycles. The van der Waals surface area contributed by atoms with Gasteiger partial charge in [0.15, 0.2) is 0 Å². The molecule has 1 saturated carbocycles. The number of phenolic OH excluding ortho intramolecular Hbond substituents is 1. The van der Waals surface area contributed by atoms with E-state index in [9.17, 15) is 9.90 Å². The van der Waals surface area contributed by atoms with Crippen LogP contribution in [0, 0.1) is 0 Å². The molecule has 1 fully saturated rings. The fourth-order valence-electron chi connectivity index (χ4n) is 5.16. The number of ether oxygens (including phenoxy) is 1. The lowest BCUT2D eigenvalue weighted by molar-refractivity contribution is -0.121. The van der Waals surface area contributed by atoms with Crippen LogP contribution in [-0.2, 0) is 10.2 Å². The minimum atomic E-state index is -0.276. The number of phenols is 1. The zero-order chi connectivity index (χ0) is 24.0. The molecule has 3 aromatic rings. The fraction of sp³-hybridized carbons (Fsp3) is 0.345. The number of halogens is 1. The van der Waals surface area contributed by atoms with E-state index < -0.39 is 0 Å². The predicted octanol–water partition coefficient (Wildman–Crippen LogP) is 6.70. The standard InChI is InChI=1S/C29H32BrNO3/c1-34-24-13-10-21(11-14-24)25(26-18-23(30)12-15-27(26)32)19-28(33)31-20-29(16-6-3-7-17-29)22-8-4-2-5-9-22/h2,4-5,8-15,18,25,32H,3,6-7,16-17,19-20H2,1H3,(H,31,33)/t25-/m0/s1. The number of hydrogen-bond acceptors (Lipinski definition) is 3. The maximum absolute atomic E-state index is 13.3. The third-order valence-corrected chi connectivity index (χ3v) is 7.59. The summed E-state index contributed by atoms with van der Waals surface area (Å²) in [6.45, 7) is 0.635. The van der Waals surface area contributed by atoms with Gasteiger partial charge in [0.2, 0.25) is 5.91 Å². The van der Waals surface area contributed by atoms with Crippen LogP contribution in [-0.4, -0.2) is 24.7 Å². The van der Waals surface area contributed by atoms with Crippen LogP contribution >= 0.6 is 15.9 Å². The number of aromatic hydroxyl groups is 1. The van der Waals surface area contributed by atoms with Gasteiger partial charge in [0.05, 0.1) is 7.11 Å². The van der Waals surface area contributed by atoms with Gasteiger partial charge in [0, 0.05) is 34.3 Å². The number of amides is 1. The van der Waals surface area contributed by atoms with E-state index in [4.69, 9.17) is 4.74 Å².